The normalized spacial score (nSPS) is 20.8. The minimum absolute atomic E-state index is 0.0358. The van der Waals surface area contributed by atoms with E-state index in [1.807, 2.05) is 0 Å². The third-order valence-corrected chi connectivity index (χ3v) is 3.19. The Bertz CT molecular complexity index is 174. The molecule has 1 N–H and O–H groups in total. The molecule has 0 atom stereocenters. The number of hydrogen-bond donors (Lipinski definition) is 1. The third kappa shape index (κ3) is 4.49. The van der Waals surface area contributed by atoms with Crippen LogP contribution >= 0.6 is 0 Å². The average Bonchev–Trinajstić information content (AvgIpc) is 2.21. The van der Waals surface area contributed by atoms with E-state index < -0.39 is 0 Å². The van der Waals surface area contributed by atoms with Crippen molar-refractivity contribution in [3.8, 4) is 0 Å². The lowest BCUT2D eigenvalue weighted by Gasteiger charge is -2.36. The van der Waals surface area contributed by atoms with Crippen molar-refractivity contribution in [1.29, 1.82) is 0 Å². The maximum absolute atomic E-state index is 9.21. The number of hydrogen-bond acceptors (Lipinski definition) is 3. The molecule has 1 aliphatic heterocycles. The molecular weight excluding hydrogens is 190 g/mol. The van der Waals surface area contributed by atoms with E-state index in [1.54, 1.807) is 7.11 Å². The van der Waals surface area contributed by atoms with Gasteiger partial charge in [-0.15, -0.1) is 0 Å². The summed E-state index contributed by atoms with van der Waals surface area (Å²) < 4.78 is 5.18. The van der Waals surface area contributed by atoms with Gasteiger partial charge in [0.15, 0.2) is 0 Å². The van der Waals surface area contributed by atoms with Crippen molar-refractivity contribution in [3.05, 3.63) is 0 Å². The fourth-order valence-corrected chi connectivity index (χ4v) is 2.20. The largest absolute Gasteiger partial charge is 0.396 e. The zero-order chi connectivity index (χ0) is 11.3. The van der Waals surface area contributed by atoms with E-state index in [0.717, 1.165) is 32.2 Å². The first-order chi connectivity index (χ1) is 7.07. The Morgan fingerprint density at radius 1 is 1.33 bits per heavy atom. The highest BCUT2D eigenvalue weighted by atomic mass is 16.5. The summed E-state index contributed by atoms with van der Waals surface area (Å²) >= 11 is 0. The molecule has 0 radical (unpaired) electrons. The van der Waals surface area contributed by atoms with E-state index in [0.29, 0.717) is 0 Å². The minimum Gasteiger partial charge on any atom is -0.396 e. The Labute approximate surface area is 93.4 Å². The number of likely N-dealkylation sites (tertiary alicyclic amines) is 1. The fourth-order valence-electron chi connectivity index (χ4n) is 2.20. The second-order valence-electron chi connectivity index (χ2n) is 5.50. The van der Waals surface area contributed by atoms with Crippen molar-refractivity contribution in [1.82, 2.24) is 4.90 Å². The summed E-state index contributed by atoms with van der Waals surface area (Å²) in [6.07, 6.45) is 2.46. The highest BCUT2D eigenvalue weighted by Gasteiger charge is 2.24. The SMILES string of the molecule is COCC1CCN(CC(C)(C)CO)CC1. The molecule has 0 aromatic carbocycles. The first-order valence-electron chi connectivity index (χ1n) is 5.89. The van der Waals surface area contributed by atoms with Gasteiger partial charge in [-0.25, -0.2) is 0 Å². The van der Waals surface area contributed by atoms with Gasteiger partial charge in [-0.05, 0) is 31.8 Å². The minimum atomic E-state index is 0.0358. The number of nitrogens with zero attached hydrogens (tertiary/aromatic N) is 1. The average molecular weight is 215 g/mol. The van der Waals surface area contributed by atoms with Crippen LogP contribution in [-0.4, -0.2) is 50.0 Å². The Balaban J connectivity index is 2.25. The van der Waals surface area contributed by atoms with Crippen LogP contribution in [0.25, 0.3) is 0 Å². The molecule has 1 fully saturated rings. The summed E-state index contributed by atoms with van der Waals surface area (Å²) in [4.78, 5) is 2.46. The molecule has 1 aliphatic rings. The van der Waals surface area contributed by atoms with E-state index in [9.17, 15) is 5.11 Å². The number of methoxy groups -OCH3 is 1. The van der Waals surface area contributed by atoms with Crippen LogP contribution in [0.5, 0.6) is 0 Å². The number of aliphatic hydroxyl groups excluding tert-OH is 1. The lowest BCUT2D eigenvalue weighted by molar-refractivity contribution is 0.0607. The van der Waals surface area contributed by atoms with Gasteiger partial charge in [0, 0.05) is 32.3 Å². The predicted molar refractivity (Wildman–Crippen MR) is 61.9 cm³/mol. The second kappa shape index (κ2) is 5.83. The van der Waals surface area contributed by atoms with Crippen LogP contribution in [0.3, 0.4) is 0 Å². The highest BCUT2D eigenvalue weighted by molar-refractivity contribution is 4.78. The van der Waals surface area contributed by atoms with E-state index >= 15 is 0 Å². The molecule has 0 aromatic rings. The van der Waals surface area contributed by atoms with Crippen LogP contribution in [0.4, 0.5) is 0 Å². The highest BCUT2D eigenvalue weighted by Crippen LogP contribution is 2.22. The topological polar surface area (TPSA) is 32.7 Å². The molecule has 0 aliphatic carbocycles. The molecular formula is C12H25NO2. The molecule has 0 saturated carbocycles. The summed E-state index contributed by atoms with van der Waals surface area (Å²) in [6.45, 7) is 8.71. The summed E-state index contributed by atoms with van der Waals surface area (Å²) in [5.74, 6) is 0.739. The van der Waals surface area contributed by atoms with Gasteiger partial charge in [-0.2, -0.15) is 0 Å². The number of rotatable bonds is 5. The van der Waals surface area contributed by atoms with Gasteiger partial charge in [0.05, 0.1) is 0 Å². The lowest BCUT2D eigenvalue weighted by Crippen LogP contribution is -2.41. The Morgan fingerprint density at radius 2 is 1.93 bits per heavy atom. The van der Waals surface area contributed by atoms with Gasteiger partial charge in [0.25, 0.3) is 0 Å². The number of aliphatic hydroxyl groups is 1. The van der Waals surface area contributed by atoms with Gasteiger partial charge in [-0.3, -0.25) is 0 Å². The smallest absolute Gasteiger partial charge is 0.0494 e. The molecule has 0 unspecified atom stereocenters. The van der Waals surface area contributed by atoms with E-state index in [-0.39, 0.29) is 12.0 Å². The van der Waals surface area contributed by atoms with Crippen LogP contribution in [0.2, 0.25) is 0 Å². The van der Waals surface area contributed by atoms with Crippen molar-refractivity contribution < 1.29 is 9.84 Å². The first-order valence-corrected chi connectivity index (χ1v) is 5.89. The molecule has 1 heterocycles. The Kier molecular flexibility index (Phi) is 5.03. The zero-order valence-corrected chi connectivity index (χ0v) is 10.3. The van der Waals surface area contributed by atoms with Gasteiger partial charge < -0.3 is 14.7 Å². The zero-order valence-electron chi connectivity index (χ0n) is 10.3. The lowest BCUT2D eigenvalue weighted by atomic mass is 9.91. The van der Waals surface area contributed by atoms with Crippen LogP contribution in [-0.2, 0) is 4.74 Å². The van der Waals surface area contributed by atoms with Crippen LogP contribution in [0, 0.1) is 11.3 Å². The molecule has 0 spiro atoms. The summed E-state index contributed by atoms with van der Waals surface area (Å²) in [6, 6.07) is 0. The first kappa shape index (κ1) is 12.9. The molecule has 0 aromatic heterocycles. The second-order valence-corrected chi connectivity index (χ2v) is 5.50. The maximum Gasteiger partial charge on any atom is 0.0494 e. The molecule has 1 rings (SSSR count). The van der Waals surface area contributed by atoms with Crippen molar-refractivity contribution in [2.75, 3.05) is 40.0 Å². The van der Waals surface area contributed by atoms with E-state index in [1.165, 1.54) is 12.8 Å². The predicted octanol–water partition coefficient (Wildman–Crippen LogP) is 1.36. The summed E-state index contributed by atoms with van der Waals surface area (Å²) in [5, 5.41) is 9.21. The van der Waals surface area contributed by atoms with Gasteiger partial charge in [0.1, 0.15) is 0 Å². The summed E-state index contributed by atoms with van der Waals surface area (Å²) in [7, 11) is 1.78. The van der Waals surface area contributed by atoms with Crippen LogP contribution < -0.4 is 0 Å². The fraction of sp³-hybridized carbons (Fsp3) is 1.00. The van der Waals surface area contributed by atoms with Crippen LogP contribution in [0.15, 0.2) is 0 Å². The quantitative estimate of drug-likeness (QED) is 0.751. The molecule has 0 amide bonds. The van der Waals surface area contributed by atoms with E-state index in [2.05, 4.69) is 18.7 Å². The third-order valence-electron chi connectivity index (χ3n) is 3.19. The summed E-state index contributed by atoms with van der Waals surface area (Å²) in [5.41, 5.74) is 0.0358. The van der Waals surface area contributed by atoms with Gasteiger partial charge in [-0.1, -0.05) is 13.8 Å². The number of piperidine rings is 1. The van der Waals surface area contributed by atoms with Gasteiger partial charge >= 0.3 is 0 Å². The molecule has 3 heteroatoms. The number of ether oxygens (including phenoxy) is 1. The molecule has 90 valence electrons. The van der Waals surface area contributed by atoms with Crippen LogP contribution in [0.1, 0.15) is 26.7 Å². The Morgan fingerprint density at radius 3 is 2.40 bits per heavy atom. The molecule has 3 nitrogen and oxygen atoms in total. The van der Waals surface area contributed by atoms with Gasteiger partial charge in [0.2, 0.25) is 0 Å². The molecule has 15 heavy (non-hydrogen) atoms. The van der Waals surface area contributed by atoms with Crippen molar-refractivity contribution >= 4 is 0 Å². The standard InChI is InChI=1S/C12H25NO2/c1-12(2,10-14)9-13-6-4-11(5-7-13)8-15-3/h11,14H,4-10H2,1-3H3. The molecule has 1 saturated heterocycles. The monoisotopic (exact) mass is 215 g/mol. The van der Waals surface area contributed by atoms with Crippen molar-refractivity contribution in [2.45, 2.75) is 26.7 Å². The van der Waals surface area contributed by atoms with Crippen molar-refractivity contribution in [2.24, 2.45) is 11.3 Å². The van der Waals surface area contributed by atoms with E-state index in [4.69, 9.17) is 4.74 Å². The Hall–Kier alpha value is -0.120. The van der Waals surface area contributed by atoms with Crippen molar-refractivity contribution in [3.63, 3.8) is 0 Å². The maximum atomic E-state index is 9.21. The molecule has 0 bridgehead atoms.